The molecule has 0 radical (unpaired) electrons. The fourth-order valence-electron chi connectivity index (χ4n) is 1.76. The van der Waals surface area contributed by atoms with Crippen molar-refractivity contribution in [1.82, 2.24) is 10.6 Å². The minimum absolute atomic E-state index is 0.211. The fourth-order valence-corrected chi connectivity index (χ4v) is 3.46. The van der Waals surface area contributed by atoms with Crippen molar-refractivity contribution in [2.75, 3.05) is 18.8 Å². The molecule has 4 nitrogen and oxygen atoms in total. The van der Waals surface area contributed by atoms with E-state index in [2.05, 4.69) is 10.6 Å². The molecule has 2 N–H and O–H groups in total. The van der Waals surface area contributed by atoms with E-state index in [1.165, 1.54) is 4.88 Å². The highest BCUT2D eigenvalue weighted by atomic mass is 32.2. The Labute approximate surface area is 131 Å². The quantitative estimate of drug-likeness (QED) is 0.822. The number of benzene rings is 1. The fraction of sp³-hybridized carbons (Fsp3) is 0.267. The maximum absolute atomic E-state index is 11.9. The van der Waals surface area contributed by atoms with E-state index in [0.717, 1.165) is 11.3 Å². The van der Waals surface area contributed by atoms with Gasteiger partial charge in [-0.1, -0.05) is 24.3 Å². The van der Waals surface area contributed by atoms with Crippen molar-refractivity contribution in [2.45, 2.75) is 11.3 Å². The number of thiophene rings is 1. The maximum Gasteiger partial charge on any atom is 0.314 e. The van der Waals surface area contributed by atoms with E-state index in [9.17, 15) is 9.00 Å². The topological polar surface area (TPSA) is 58.2 Å². The third kappa shape index (κ3) is 5.69. The zero-order valence-corrected chi connectivity index (χ0v) is 13.2. The second-order valence-electron chi connectivity index (χ2n) is 4.37. The molecule has 0 spiro atoms. The summed E-state index contributed by atoms with van der Waals surface area (Å²) in [6.07, 6.45) is 0.834. The van der Waals surface area contributed by atoms with Gasteiger partial charge >= 0.3 is 6.03 Å². The van der Waals surface area contributed by atoms with Crippen LogP contribution in [0.1, 0.15) is 4.88 Å². The standard InChI is InChI=1S/C15H18N2O2S2/c18-15(16-9-8-13-5-4-11-20-13)17-10-12-21(19)14-6-2-1-3-7-14/h1-7,11H,8-10,12H2,(H2,16,17,18). The summed E-state index contributed by atoms with van der Waals surface area (Å²) in [5, 5.41) is 7.54. The van der Waals surface area contributed by atoms with Crippen LogP contribution in [0.3, 0.4) is 0 Å². The number of hydrogen-bond donors (Lipinski definition) is 2. The molecular formula is C15H18N2O2S2. The van der Waals surface area contributed by atoms with E-state index in [1.54, 1.807) is 11.3 Å². The number of urea groups is 1. The van der Waals surface area contributed by atoms with Gasteiger partial charge in [0, 0.05) is 28.6 Å². The van der Waals surface area contributed by atoms with E-state index >= 15 is 0 Å². The average Bonchev–Trinajstić information content (AvgIpc) is 3.01. The third-order valence-corrected chi connectivity index (χ3v) is 5.13. The van der Waals surface area contributed by atoms with Gasteiger partial charge in [0.1, 0.15) is 0 Å². The van der Waals surface area contributed by atoms with Gasteiger partial charge in [-0.2, -0.15) is 0 Å². The molecule has 0 bridgehead atoms. The van der Waals surface area contributed by atoms with Crippen molar-refractivity contribution in [1.29, 1.82) is 0 Å². The van der Waals surface area contributed by atoms with Crippen LogP contribution in [0.15, 0.2) is 52.7 Å². The smallest absolute Gasteiger partial charge is 0.314 e. The molecule has 1 aromatic carbocycles. The molecule has 1 aromatic heterocycles. The van der Waals surface area contributed by atoms with Crippen molar-refractivity contribution >= 4 is 28.2 Å². The molecule has 2 amide bonds. The molecule has 0 aliphatic carbocycles. The number of nitrogens with one attached hydrogen (secondary N) is 2. The molecule has 0 fully saturated rings. The lowest BCUT2D eigenvalue weighted by molar-refractivity contribution is 0.241. The lowest BCUT2D eigenvalue weighted by atomic mass is 10.3. The first-order valence-electron chi connectivity index (χ1n) is 6.73. The molecular weight excluding hydrogens is 304 g/mol. The molecule has 0 saturated carbocycles. The van der Waals surface area contributed by atoms with E-state index in [0.29, 0.717) is 18.8 Å². The van der Waals surface area contributed by atoms with E-state index in [1.807, 2.05) is 47.8 Å². The predicted molar refractivity (Wildman–Crippen MR) is 87.1 cm³/mol. The normalized spacial score (nSPS) is 11.8. The molecule has 1 atom stereocenters. The number of amides is 2. The molecule has 2 aromatic rings. The second kappa shape index (κ2) is 8.59. The Hall–Kier alpha value is -1.66. The zero-order valence-electron chi connectivity index (χ0n) is 11.6. The Morgan fingerprint density at radius 3 is 2.52 bits per heavy atom. The van der Waals surface area contributed by atoms with Crippen LogP contribution in [0.4, 0.5) is 4.79 Å². The predicted octanol–water partition coefficient (Wildman–Crippen LogP) is 2.40. The highest BCUT2D eigenvalue weighted by Crippen LogP contribution is 2.08. The summed E-state index contributed by atoms with van der Waals surface area (Å²) in [7, 11) is -1.07. The monoisotopic (exact) mass is 322 g/mol. The summed E-state index contributed by atoms with van der Waals surface area (Å²) in [5.41, 5.74) is 0. The Bertz CT molecular complexity index is 571. The SMILES string of the molecule is O=C(NCCc1cccs1)NCCS(=O)c1ccccc1. The first kappa shape index (κ1) is 15.7. The number of rotatable bonds is 7. The first-order valence-corrected chi connectivity index (χ1v) is 8.93. The Morgan fingerprint density at radius 1 is 1.05 bits per heavy atom. The summed E-state index contributed by atoms with van der Waals surface area (Å²) in [4.78, 5) is 13.6. The van der Waals surface area contributed by atoms with Crippen LogP contribution in [-0.4, -0.2) is 29.1 Å². The molecule has 1 heterocycles. The van der Waals surface area contributed by atoms with Crippen LogP contribution in [0.2, 0.25) is 0 Å². The summed E-state index contributed by atoms with van der Waals surface area (Å²) >= 11 is 1.68. The van der Waals surface area contributed by atoms with Crippen LogP contribution in [-0.2, 0) is 17.2 Å². The Morgan fingerprint density at radius 2 is 1.81 bits per heavy atom. The second-order valence-corrected chi connectivity index (χ2v) is 6.98. The van der Waals surface area contributed by atoms with E-state index in [-0.39, 0.29) is 6.03 Å². The maximum atomic E-state index is 11.9. The largest absolute Gasteiger partial charge is 0.338 e. The lowest BCUT2D eigenvalue weighted by Crippen LogP contribution is -2.38. The number of carbonyl (C=O) groups excluding carboxylic acids is 1. The molecule has 0 aliphatic rings. The Kier molecular flexibility index (Phi) is 6.43. The first-order chi connectivity index (χ1) is 10.3. The summed E-state index contributed by atoms with van der Waals surface area (Å²) < 4.78 is 11.9. The van der Waals surface area contributed by atoms with Gasteiger partial charge in [-0.3, -0.25) is 4.21 Å². The summed E-state index contributed by atoms with van der Waals surface area (Å²) in [6.45, 7) is 1.00. The Balaban J connectivity index is 1.60. The lowest BCUT2D eigenvalue weighted by Gasteiger charge is -2.07. The van der Waals surface area contributed by atoms with Crippen molar-refractivity contribution in [3.8, 4) is 0 Å². The number of hydrogen-bond acceptors (Lipinski definition) is 3. The molecule has 1 unspecified atom stereocenters. The molecule has 112 valence electrons. The average molecular weight is 322 g/mol. The highest BCUT2D eigenvalue weighted by molar-refractivity contribution is 7.85. The van der Waals surface area contributed by atoms with Crippen LogP contribution in [0, 0.1) is 0 Å². The van der Waals surface area contributed by atoms with Crippen LogP contribution < -0.4 is 10.6 Å². The molecule has 21 heavy (non-hydrogen) atoms. The van der Waals surface area contributed by atoms with Gasteiger partial charge < -0.3 is 10.6 Å². The van der Waals surface area contributed by atoms with Gasteiger partial charge in [0.15, 0.2) is 0 Å². The highest BCUT2D eigenvalue weighted by Gasteiger charge is 2.04. The van der Waals surface area contributed by atoms with E-state index < -0.39 is 10.8 Å². The van der Waals surface area contributed by atoms with Gasteiger partial charge in [0.25, 0.3) is 0 Å². The van der Waals surface area contributed by atoms with Crippen molar-refractivity contribution in [3.05, 3.63) is 52.7 Å². The summed E-state index contributed by atoms with van der Waals surface area (Å²) in [6, 6.07) is 13.1. The third-order valence-electron chi connectivity index (χ3n) is 2.82. The van der Waals surface area contributed by atoms with Crippen LogP contribution in [0.25, 0.3) is 0 Å². The van der Waals surface area contributed by atoms with Crippen molar-refractivity contribution < 1.29 is 9.00 Å². The van der Waals surface area contributed by atoms with E-state index in [4.69, 9.17) is 0 Å². The van der Waals surface area contributed by atoms with Crippen molar-refractivity contribution in [3.63, 3.8) is 0 Å². The zero-order chi connectivity index (χ0) is 14.9. The van der Waals surface area contributed by atoms with Crippen LogP contribution in [0.5, 0.6) is 0 Å². The molecule has 6 heteroatoms. The number of carbonyl (C=O) groups is 1. The van der Waals surface area contributed by atoms with Gasteiger partial charge in [-0.15, -0.1) is 11.3 Å². The summed E-state index contributed by atoms with van der Waals surface area (Å²) in [5.74, 6) is 0.419. The molecule has 2 rings (SSSR count). The van der Waals surface area contributed by atoms with Gasteiger partial charge in [0.05, 0.1) is 10.8 Å². The molecule has 0 saturated heterocycles. The van der Waals surface area contributed by atoms with Crippen molar-refractivity contribution in [2.24, 2.45) is 0 Å². The van der Waals surface area contributed by atoms with Crippen LogP contribution >= 0.6 is 11.3 Å². The van der Waals surface area contributed by atoms with Gasteiger partial charge in [-0.05, 0) is 30.0 Å². The van der Waals surface area contributed by atoms with Gasteiger partial charge in [-0.25, -0.2) is 4.79 Å². The van der Waals surface area contributed by atoms with Gasteiger partial charge in [0.2, 0.25) is 0 Å². The minimum Gasteiger partial charge on any atom is -0.338 e. The minimum atomic E-state index is -1.07. The molecule has 0 aliphatic heterocycles.